The molecule has 5 heteroatoms. The Hall–Kier alpha value is -1.88. The van der Waals surface area contributed by atoms with Gasteiger partial charge in [-0.1, -0.05) is 12.1 Å². The molecular weight excluding hydrogens is 242 g/mol. The maximum absolute atomic E-state index is 11.6. The Bertz CT molecular complexity index is 515. The fourth-order valence-electron chi connectivity index (χ4n) is 1.86. The molecule has 1 atom stereocenters. The minimum Gasteiger partial charge on any atom is -0.393 e. The molecule has 0 aliphatic carbocycles. The minimum absolute atomic E-state index is 0.0129. The smallest absolute Gasteiger partial charge is 0.220 e. The molecule has 1 aromatic heterocycles. The van der Waals surface area contributed by atoms with Crippen LogP contribution in [-0.4, -0.2) is 33.6 Å². The monoisotopic (exact) mass is 261 g/mol. The van der Waals surface area contributed by atoms with Gasteiger partial charge in [-0.05, 0) is 25.5 Å². The van der Waals surface area contributed by atoms with Crippen LogP contribution in [-0.2, 0) is 11.2 Å². The van der Waals surface area contributed by atoms with Crippen LogP contribution in [0.1, 0.15) is 25.6 Å². The van der Waals surface area contributed by atoms with Gasteiger partial charge < -0.3 is 15.4 Å². The maximum atomic E-state index is 11.6. The summed E-state index contributed by atoms with van der Waals surface area (Å²) in [6, 6.07) is 7.80. The zero-order valence-corrected chi connectivity index (χ0v) is 11.0. The number of hydrogen-bond acceptors (Lipinski definition) is 3. The molecule has 0 bridgehead atoms. The van der Waals surface area contributed by atoms with Gasteiger partial charge in [0, 0.05) is 19.4 Å². The molecule has 0 spiro atoms. The quantitative estimate of drug-likeness (QED) is 0.735. The van der Waals surface area contributed by atoms with Crippen molar-refractivity contribution in [3.8, 4) is 0 Å². The van der Waals surface area contributed by atoms with Gasteiger partial charge in [0.05, 0.1) is 17.1 Å². The Morgan fingerprint density at radius 3 is 3.00 bits per heavy atom. The van der Waals surface area contributed by atoms with E-state index in [0.29, 0.717) is 25.8 Å². The van der Waals surface area contributed by atoms with Gasteiger partial charge in [0.1, 0.15) is 5.82 Å². The summed E-state index contributed by atoms with van der Waals surface area (Å²) >= 11 is 0. The number of H-pyrrole nitrogens is 1. The molecule has 2 rings (SSSR count). The second-order valence-corrected chi connectivity index (χ2v) is 4.69. The number of fused-ring (bicyclic) bond motifs is 1. The van der Waals surface area contributed by atoms with E-state index in [9.17, 15) is 4.79 Å². The average Bonchev–Trinajstić information content (AvgIpc) is 2.78. The first-order valence-corrected chi connectivity index (χ1v) is 6.53. The van der Waals surface area contributed by atoms with E-state index >= 15 is 0 Å². The third-order valence-corrected chi connectivity index (χ3v) is 2.91. The first kappa shape index (κ1) is 13.5. The van der Waals surface area contributed by atoms with E-state index in [-0.39, 0.29) is 12.0 Å². The van der Waals surface area contributed by atoms with Crippen molar-refractivity contribution in [3.63, 3.8) is 0 Å². The largest absolute Gasteiger partial charge is 0.393 e. The summed E-state index contributed by atoms with van der Waals surface area (Å²) in [6.45, 7) is 2.22. The van der Waals surface area contributed by atoms with Gasteiger partial charge in [-0.15, -0.1) is 0 Å². The Balaban J connectivity index is 1.80. The number of imidazole rings is 1. The van der Waals surface area contributed by atoms with E-state index < -0.39 is 0 Å². The Labute approximate surface area is 112 Å². The molecule has 1 amide bonds. The fourth-order valence-corrected chi connectivity index (χ4v) is 1.86. The van der Waals surface area contributed by atoms with Crippen molar-refractivity contribution < 1.29 is 9.90 Å². The lowest BCUT2D eigenvalue weighted by molar-refractivity contribution is -0.121. The Morgan fingerprint density at radius 2 is 2.26 bits per heavy atom. The van der Waals surface area contributed by atoms with Crippen molar-refractivity contribution in [2.24, 2.45) is 0 Å². The van der Waals surface area contributed by atoms with E-state index in [1.54, 1.807) is 6.92 Å². The molecule has 1 aromatic carbocycles. The van der Waals surface area contributed by atoms with Gasteiger partial charge >= 0.3 is 0 Å². The van der Waals surface area contributed by atoms with Crippen LogP contribution in [0.15, 0.2) is 24.3 Å². The third kappa shape index (κ3) is 4.06. The second-order valence-electron chi connectivity index (χ2n) is 4.69. The lowest BCUT2D eigenvalue weighted by Crippen LogP contribution is -2.26. The number of aromatic nitrogens is 2. The van der Waals surface area contributed by atoms with Gasteiger partial charge in [-0.3, -0.25) is 4.79 Å². The van der Waals surface area contributed by atoms with Crippen LogP contribution in [0.4, 0.5) is 0 Å². The Morgan fingerprint density at radius 1 is 1.47 bits per heavy atom. The van der Waals surface area contributed by atoms with Gasteiger partial charge in [0.15, 0.2) is 0 Å². The number of aliphatic hydroxyl groups excluding tert-OH is 1. The maximum Gasteiger partial charge on any atom is 0.220 e. The summed E-state index contributed by atoms with van der Waals surface area (Å²) in [7, 11) is 0. The van der Waals surface area contributed by atoms with Crippen LogP contribution in [0.2, 0.25) is 0 Å². The molecule has 0 aliphatic heterocycles. The van der Waals surface area contributed by atoms with Gasteiger partial charge in [0.25, 0.3) is 0 Å². The van der Waals surface area contributed by atoms with Gasteiger partial charge in [-0.2, -0.15) is 0 Å². The highest BCUT2D eigenvalue weighted by Gasteiger charge is 2.06. The molecule has 5 nitrogen and oxygen atoms in total. The molecule has 0 fully saturated rings. The van der Waals surface area contributed by atoms with Crippen LogP contribution >= 0.6 is 0 Å². The first-order chi connectivity index (χ1) is 9.15. The molecule has 3 N–H and O–H groups in total. The number of nitrogens with zero attached hydrogens (tertiary/aromatic N) is 1. The lowest BCUT2D eigenvalue weighted by atomic mass is 10.2. The summed E-state index contributed by atoms with van der Waals surface area (Å²) in [4.78, 5) is 19.2. The highest BCUT2D eigenvalue weighted by molar-refractivity contribution is 5.77. The number of amides is 1. The predicted molar refractivity (Wildman–Crippen MR) is 73.7 cm³/mol. The Kier molecular flexibility index (Phi) is 4.52. The highest BCUT2D eigenvalue weighted by Crippen LogP contribution is 2.11. The molecule has 0 saturated carbocycles. The first-order valence-electron chi connectivity index (χ1n) is 6.53. The predicted octanol–water partition coefficient (Wildman–Crippen LogP) is 1.38. The molecule has 2 aromatic rings. The van der Waals surface area contributed by atoms with E-state index in [1.807, 2.05) is 24.3 Å². The zero-order valence-electron chi connectivity index (χ0n) is 11.0. The second kappa shape index (κ2) is 6.33. The lowest BCUT2D eigenvalue weighted by Gasteiger charge is -2.05. The summed E-state index contributed by atoms with van der Waals surface area (Å²) in [5.41, 5.74) is 1.92. The van der Waals surface area contributed by atoms with Crippen LogP contribution in [0.5, 0.6) is 0 Å². The molecule has 19 heavy (non-hydrogen) atoms. The molecule has 1 heterocycles. The summed E-state index contributed by atoms with van der Waals surface area (Å²) in [5.74, 6) is 0.813. The van der Waals surface area contributed by atoms with E-state index in [4.69, 9.17) is 5.11 Å². The number of aryl methyl sites for hydroxylation is 1. The van der Waals surface area contributed by atoms with Gasteiger partial charge in [-0.25, -0.2) is 4.98 Å². The zero-order chi connectivity index (χ0) is 13.7. The fraction of sp³-hybridized carbons (Fsp3) is 0.429. The van der Waals surface area contributed by atoms with E-state index in [0.717, 1.165) is 16.9 Å². The van der Waals surface area contributed by atoms with Crippen molar-refractivity contribution in [3.05, 3.63) is 30.1 Å². The van der Waals surface area contributed by atoms with Crippen molar-refractivity contribution >= 4 is 16.9 Å². The van der Waals surface area contributed by atoms with Crippen molar-refractivity contribution in [2.45, 2.75) is 32.3 Å². The van der Waals surface area contributed by atoms with Crippen molar-refractivity contribution in [2.75, 3.05) is 6.54 Å². The standard InChI is InChI=1S/C14H19N3O2/c1-10(18)8-9-15-14(19)7-6-13-16-11-4-2-3-5-12(11)17-13/h2-5,10,18H,6-9H2,1H3,(H,15,19)(H,16,17). The average molecular weight is 261 g/mol. The molecule has 102 valence electrons. The molecular formula is C14H19N3O2. The van der Waals surface area contributed by atoms with Crippen molar-refractivity contribution in [1.82, 2.24) is 15.3 Å². The molecule has 0 saturated heterocycles. The minimum atomic E-state index is -0.379. The SMILES string of the molecule is CC(O)CCNC(=O)CCc1nc2ccccc2[nH]1. The van der Waals surface area contributed by atoms with Crippen LogP contribution in [0.25, 0.3) is 11.0 Å². The summed E-state index contributed by atoms with van der Waals surface area (Å²) in [6.07, 6.45) is 1.20. The summed E-state index contributed by atoms with van der Waals surface area (Å²) in [5, 5.41) is 11.9. The number of benzene rings is 1. The normalized spacial score (nSPS) is 12.5. The number of rotatable bonds is 6. The molecule has 0 radical (unpaired) electrons. The number of aliphatic hydroxyl groups is 1. The number of hydrogen-bond donors (Lipinski definition) is 3. The highest BCUT2D eigenvalue weighted by atomic mass is 16.3. The molecule has 0 aliphatic rings. The van der Waals surface area contributed by atoms with E-state index in [1.165, 1.54) is 0 Å². The number of nitrogens with one attached hydrogen (secondary N) is 2. The van der Waals surface area contributed by atoms with Crippen LogP contribution in [0.3, 0.4) is 0 Å². The van der Waals surface area contributed by atoms with Gasteiger partial charge in [0.2, 0.25) is 5.91 Å². The topological polar surface area (TPSA) is 78.0 Å². The van der Waals surface area contributed by atoms with Crippen molar-refractivity contribution in [1.29, 1.82) is 0 Å². The number of para-hydroxylation sites is 2. The molecule has 1 unspecified atom stereocenters. The number of carbonyl (C=O) groups is 1. The van der Waals surface area contributed by atoms with Crippen LogP contribution < -0.4 is 5.32 Å². The number of carbonyl (C=O) groups excluding carboxylic acids is 1. The number of aromatic amines is 1. The summed E-state index contributed by atoms with van der Waals surface area (Å²) < 4.78 is 0. The van der Waals surface area contributed by atoms with Crippen LogP contribution in [0, 0.1) is 0 Å². The third-order valence-electron chi connectivity index (χ3n) is 2.91. The van der Waals surface area contributed by atoms with E-state index in [2.05, 4.69) is 15.3 Å².